The normalized spacial score (nSPS) is 18.9. The highest BCUT2D eigenvalue weighted by molar-refractivity contribution is 7.13. The summed E-state index contributed by atoms with van der Waals surface area (Å²) in [7, 11) is 0. The van der Waals surface area contributed by atoms with Crippen molar-refractivity contribution in [1.29, 1.82) is 0 Å². The van der Waals surface area contributed by atoms with Crippen LogP contribution in [0.5, 0.6) is 0 Å². The van der Waals surface area contributed by atoms with Gasteiger partial charge in [0.1, 0.15) is 0 Å². The van der Waals surface area contributed by atoms with Gasteiger partial charge in [-0.2, -0.15) is 0 Å². The molecule has 0 spiro atoms. The second-order valence-electron chi connectivity index (χ2n) is 7.06. The predicted molar refractivity (Wildman–Crippen MR) is 113 cm³/mol. The summed E-state index contributed by atoms with van der Waals surface area (Å²) in [6, 6.07) is 0. The summed E-state index contributed by atoms with van der Waals surface area (Å²) >= 11 is 1.77. The van der Waals surface area contributed by atoms with E-state index >= 15 is 0 Å². The maximum Gasteiger partial charge on any atom is 0.191 e. The first-order chi connectivity index (χ1) is 13.3. The van der Waals surface area contributed by atoms with Gasteiger partial charge < -0.3 is 20.3 Å². The van der Waals surface area contributed by atoms with Gasteiger partial charge in [0.2, 0.25) is 0 Å². The van der Waals surface area contributed by atoms with Crippen LogP contribution in [0.2, 0.25) is 0 Å². The molecule has 2 fully saturated rings. The third-order valence-electron chi connectivity index (χ3n) is 4.94. The molecule has 0 bridgehead atoms. The first-order valence-electron chi connectivity index (χ1n) is 10.4. The van der Waals surface area contributed by atoms with Crippen LogP contribution in [0.1, 0.15) is 31.9 Å². The van der Waals surface area contributed by atoms with Crippen LogP contribution in [-0.4, -0.2) is 81.4 Å². The van der Waals surface area contributed by atoms with Gasteiger partial charge in [-0.05, 0) is 26.2 Å². The smallest absolute Gasteiger partial charge is 0.191 e. The highest BCUT2D eigenvalue weighted by atomic mass is 32.1. The lowest BCUT2D eigenvalue weighted by atomic mass is 10.3. The van der Waals surface area contributed by atoms with Gasteiger partial charge in [0.15, 0.2) is 11.1 Å². The third kappa shape index (κ3) is 6.93. The fourth-order valence-corrected chi connectivity index (χ4v) is 4.34. The topological polar surface area (TPSA) is 65.0 Å². The number of morpholine rings is 1. The van der Waals surface area contributed by atoms with E-state index in [9.17, 15) is 0 Å². The first-order valence-corrected chi connectivity index (χ1v) is 11.2. The number of nitrogens with zero attached hydrogens (tertiary/aromatic N) is 4. The summed E-state index contributed by atoms with van der Waals surface area (Å²) in [5.41, 5.74) is 1.18. The summed E-state index contributed by atoms with van der Waals surface area (Å²) in [5, 5.41) is 10.2. The van der Waals surface area contributed by atoms with Gasteiger partial charge >= 0.3 is 0 Å². The summed E-state index contributed by atoms with van der Waals surface area (Å²) in [4.78, 5) is 14.4. The maximum atomic E-state index is 5.39. The number of anilines is 1. The van der Waals surface area contributed by atoms with E-state index in [1.54, 1.807) is 11.3 Å². The Hall–Kier alpha value is -1.38. The molecule has 27 heavy (non-hydrogen) atoms. The van der Waals surface area contributed by atoms with E-state index in [0.29, 0.717) is 0 Å². The Kier molecular flexibility index (Phi) is 8.64. The van der Waals surface area contributed by atoms with Crippen molar-refractivity contribution < 1.29 is 4.74 Å². The number of aliphatic imine (C=N–C) groups is 1. The van der Waals surface area contributed by atoms with Crippen LogP contribution in [0.3, 0.4) is 0 Å². The van der Waals surface area contributed by atoms with E-state index < -0.39 is 0 Å². The van der Waals surface area contributed by atoms with E-state index in [4.69, 9.17) is 14.7 Å². The fourth-order valence-electron chi connectivity index (χ4n) is 3.43. The van der Waals surface area contributed by atoms with E-state index in [2.05, 4.69) is 32.7 Å². The van der Waals surface area contributed by atoms with E-state index in [1.165, 1.54) is 23.7 Å². The molecular formula is C19H34N6OS. The van der Waals surface area contributed by atoms with Crippen molar-refractivity contribution in [1.82, 2.24) is 20.5 Å². The van der Waals surface area contributed by atoms with Crippen LogP contribution >= 0.6 is 11.3 Å². The number of hydrogen-bond acceptors (Lipinski definition) is 6. The molecule has 0 aromatic carbocycles. The molecule has 1 aromatic rings. The van der Waals surface area contributed by atoms with Gasteiger partial charge in [-0.3, -0.25) is 9.89 Å². The van der Waals surface area contributed by atoms with Gasteiger partial charge in [0.05, 0.1) is 18.9 Å². The lowest BCUT2D eigenvalue weighted by molar-refractivity contribution is 0.0377. The molecule has 0 saturated carbocycles. The molecule has 2 saturated heterocycles. The quantitative estimate of drug-likeness (QED) is 0.377. The zero-order valence-corrected chi connectivity index (χ0v) is 17.4. The minimum absolute atomic E-state index is 0.850. The third-order valence-corrected chi connectivity index (χ3v) is 5.89. The summed E-state index contributed by atoms with van der Waals surface area (Å²) < 4.78 is 5.39. The van der Waals surface area contributed by atoms with Crippen molar-refractivity contribution in [2.24, 2.45) is 4.99 Å². The lowest BCUT2D eigenvalue weighted by Gasteiger charge is -2.26. The monoisotopic (exact) mass is 394 g/mol. The number of hydrogen-bond donors (Lipinski definition) is 2. The molecular weight excluding hydrogens is 360 g/mol. The second-order valence-corrected chi connectivity index (χ2v) is 7.90. The molecule has 2 aliphatic rings. The van der Waals surface area contributed by atoms with Crippen molar-refractivity contribution in [3.63, 3.8) is 0 Å². The van der Waals surface area contributed by atoms with Gasteiger partial charge in [-0.25, -0.2) is 4.98 Å². The Morgan fingerprint density at radius 3 is 2.81 bits per heavy atom. The minimum Gasteiger partial charge on any atom is -0.379 e. The molecule has 152 valence electrons. The summed E-state index contributed by atoms with van der Waals surface area (Å²) in [5.74, 6) is 0.912. The Labute approximate surface area is 167 Å². The van der Waals surface area contributed by atoms with Gasteiger partial charge in [0.25, 0.3) is 0 Å². The molecule has 2 N–H and O–H groups in total. The molecule has 0 radical (unpaired) electrons. The molecule has 3 rings (SSSR count). The first kappa shape index (κ1) is 20.4. The largest absolute Gasteiger partial charge is 0.379 e. The van der Waals surface area contributed by atoms with Crippen molar-refractivity contribution in [2.45, 2.75) is 32.6 Å². The van der Waals surface area contributed by atoms with E-state index in [1.807, 2.05) is 0 Å². The van der Waals surface area contributed by atoms with Crippen molar-refractivity contribution in [3.8, 4) is 0 Å². The molecule has 2 aliphatic heterocycles. The highest BCUT2D eigenvalue weighted by Crippen LogP contribution is 2.24. The minimum atomic E-state index is 0.850. The molecule has 3 heterocycles. The fraction of sp³-hybridized carbons (Fsp3) is 0.789. The maximum absolute atomic E-state index is 5.39. The average molecular weight is 395 g/mol. The number of rotatable bonds is 9. The molecule has 7 nitrogen and oxygen atoms in total. The van der Waals surface area contributed by atoms with Crippen LogP contribution in [0.15, 0.2) is 10.4 Å². The Morgan fingerprint density at radius 1 is 1.22 bits per heavy atom. The molecule has 8 heteroatoms. The molecule has 0 atom stereocenters. The average Bonchev–Trinajstić information content (AvgIpc) is 3.38. The number of ether oxygens (including phenoxy) is 1. The standard InChI is InChI=1S/C19H34N6OS/c1-2-20-18(21-7-5-9-24-12-14-26-15-13-24)22-8-6-17-16-27-19(23-17)25-10-3-4-11-25/h16H,2-15H2,1H3,(H2,20,21,22). The zero-order valence-electron chi connectivity index (χ0n) is 16.6. The van der Waals surface area contributed by atoms with E-state index in [-0.39, 0.29) is 0 Å². The van der Waals surface area contributed by atoms with Crippen LogP contribution in [0.4, 0.5) is 5.13 Å². The molecule has 1 aromatic heterocycles. The van der Waals surface area contributed by atoms with Crippen molar-refractivity contribution in [2.75, 3.05) is 70.5 Å². The van der Waals surface area contributed by atoms with Crippen molar-refractivity contribution >= 4 is 22.4 Å². The lowest BCUT2D eigenvalue weighted by Crippen LogP contribution is -2.39. The number of thiazole rings is 1. The second kappa shape index (κ2) is 11.5. The molecule has 0 aliphatic carbocycles. The highest BCUT2D eigenvalue weighted by Gasteiger charge is 2.15. The number of guanidine groups is 1. The Morgan fingerprint density at radius 2 is 2.04 bits per heavy atom. The summed E-state index contributed by atoms with van der Waals surface area (Å²) in [6.07, 6.45) is 4.61. The van der Waals surface area contributed by atoms with Crippen LogP contribution in [0.25, 0.3) is 0 Å². The van der Waals surface area contributed by atoms with E-state index in [0.717, 1.165) is 84.4 Å². The summed E-state index contributed by atoms with van der Waals surface area (Å²) in [6.45, 7) is 11.9. The van der Waals surface area contributed by atoms with Crippen LogP contribution in [-0.2, 0) is 11.2 Å². The van der Waals surface area contributed by atoms with Crippen molar-refractivity contribution in [3.05, 3.63) is 11.1 Å². The number of aromatic nitrogens is 1. The molecule has 0 amide bonds. The Balaban J connectivity index is 1.35. The SMILES string of the molecule is CCNC(=NCCCN1CCOCC1)NCCc1csc(N2CCCC2)n1. The predicted octanol–water partition coefficient (Wildman–Crippen LogP) is 1.56. The van der Waals surface area contributed by atoms with Crippen LogP contribution in [0, 0.1) is 0 Å². The molecule has 0 unspecified atom stereocenters. The van der Waals surface area contributed by atoms with Gasteiger partial charge in [-0.1, -0.05) is 0 Å². The number of nitrogens with one attached hydrogen (secondary N) is 2. The van der Waals surface area contributed by atoms with Crippen LogP contribution < -0.4 is 15.5 Å². The van der Waals surface area contributed by atoms with Gasteiger partial charge in [-0.15, -0.1) is 11.3 Å². The Bertz CT molecular complexity index is 566. The zero-order chi connectivity index (χ0) is 18.7. The van der Waals surface area contributed by atoms with Gasteiger partial charge in [0, 0.05) is 64.2 Å².